The van der Waals surface area contributed by atoms with Gasteiger partial charge in [0, 0.05) is 30.9 Å². The van der Waals surface area contributed by atoms with Crippen molar-refractivity contribution in [1.82, 2.24) is 15.2 Å². The van der Waals surface area contributed by atoms with Crippen LogP contribution in [0.4, 0.5) is 0 Å². The summed E-state index contributed by atoms with van der Waals surface area (Å²) < 4.78 is 23.4. The third-order valence-electron chi connectivity index (χ3n) is 4.56. The van der Waals surface area contributed by atoms with E-state index in [2.05, 4.69) is 17.2 Å². The highest BCUT2D eigenvalue weighted by atomic mass is 32.2. The molecule has 1 unspecified atom stereocenters. The molecule has 1 saturated heterocycles. The standard InChI is InChI=1S/C18H27N3O4S/c1-3-5-6-9-20-17(22)16-12-14(7-10-19-16)18(23)21(4-2)15-8-11-26(24,25)13-15/h7,10,12,15H,3-6,8-9,11,13H2,1-2H3,(H,20,22). The van der Waals surface area contributed by atoms with Crippen molar-refractivity contribution in [3.05, 3.63) is 29.6 Å². The Morgan fingerprint density at radius 1 is 1.31 bits per heavy atom. The molecule has 0 saturated carbocycles. The summed E-state index contributed by atoms with van der Waals surface area (Å²) >= 11 is 0. The molecule has 1 atom stereocenters. The van der Waals surface area contributed by atoms with Gasteiger partial charge in [-0.1, -0.05) is 19.8 Å². The van der Waals surface area contributed by atoms with Crippen LogP contribution in [0.3, 0.4) is 0 Å². The van der Waals surface area contributed by atoms with Crippen LogP contribution < -0.4 is 5.32 Å². The first-order valence-electron chi connectivity index (χ1n) is 9.13. The second-order valence-electron chi connectivity index (χ2n) is 6.54. The predicted octanol–water partition coefficient (Wildman–Crippen LogP) is 1.65. The minimum Gasteiger partial charge on any atom is -0.351 e. The molecular formula is C18H27N3O4S. The fraction of sp³-hybridized carbons (Fsp3) is 0.611. The predicted molar refractivity (Wildman–Crippen MR) is 99.9 cm³/mol. The van der Waals surface area contributed by atoms with E-state index in [1.54, 1.807) is 11.0 Å². The lowest BCUT2D eigenvalue weighted by atomic mass is 10.1. The van der Waals surface area contributed by atoms with Crippen molar-refractivity contribution in [1.29, 1.82) is 0 Å². The van der Waals surface area contributed by atoms with Crippen LogP contribution in [0.5, 0.6) is 0 Å². The van der Waals surface area contributed by atoms with Gasteiger partial charge in [-0.15, -0.1) is 0 Å². The van der Waals surface area contributed by atoms with Crippen molar-refractivity contribution in [3.63, 3.8) is 0 Å². The molecule has 1 aliphatic heterocycles. The molecule has 0 aliphatic carbocycles. The number of rotatable bonds is 8. The van der Waals surface area contributed by atoms with E-state index in [-0.39, 0.29) is 35.1 Å². The van der Waals surface area contributed by atoms with Gasteiger partial charge in [0.1, 0.15) is 5.69 Å². The average molecular weight is 381 g/mol. The number of nitrogens with one attached hydrogen (secondary N) is 1. The second kappa shape index (κ2) is 9.12. The molecule has 2 rings (SSSR count). The summed E-state index contributed by atoms with van der Waals surface area (Å²) in [6.45, 7) is 4.91. The number of pyridine rings is 1. The highest BCUT2D eigenvalue weighted by molar-refractivity contribution is 7.91. The first kappa shape index (κ1) is 20.4. The third kappa shape index (κ3) is 5.27. The topological polar surface area (TPSA) is 96.4 Å². The van der Waals surface area contributed by atoms with Gasteiger partial charge in [0.05, 0.1) is 11.5 Å². The van der Waals surface area contributed by atoms with Crippen molar-refractivity contribution in [2.75, 3.05) is 24.6 Å². The van der Waals surface area contributed by atoms with Crippen LogP contribution in [0.2, 0.25) is 0 Å². The molecular weight excluding hydrogens is 354 g/mol. The number of carbonyl (C=O) groups is 2. The van der Waals surface area contributed by atoms with E-state index >= 15 is 0 Å². The Morgan fingerprint density at radius 2 is 2.08 bits per heavy atom. The molecule has 144 valence electrons. The molecule has 1 aromatic rings. The third-order valence-corrected chi connectivity index (χ3v) is 6.31. The molecule has 1 N–H and O–H groups in total. The fourth-order valence-corrected chi connectivity index (χ4v) is 4.84. The number of unbranched alkanes of at least 4 members (excludes halogenated alkanes) is 2. The molecule has 2 amide bonds. The molecule has 8 heteroatoms. The fourth-order valence-electron chi connectivity index (χ4n) is 3.11. The maximum absolute atomic E-state index is 12.8. The van der Waals surface area contributed by atoms with Gasteiger partial charge >= 0.3 is 0 Å². The average Bonchev–Trinajstić information content (AvgIpc) is 2.98. The van der Waals surface area contributed by atoms with Crippen LogP contribution in [0.15, 0.2) is 18.3 Å². The summed E-state index contributed by atoms with van der Waals surface area (Å²) in [6, 6.07) is 2.73. The highest BCUT2D eigenvalue weighted by Gasteiger charge is 2.34. The van der Waals surface area contributed by atoms with Gasteiger partial charge in [0.25, 0.3) is 11.8 Å². The zero-order chi connectivity index (χ0) is 19.2. The summed E-state index contributed by atoms with van der Waals surface area (Å²) in [4.78, 5) is 30.6. The monoisotopic (exact) mass is 381 g/mol. The van der Waals surface area contributed by atoms with Crippen LogP contribution >= 0.6 is 0 Å². The summed E-state index contributed by atoms with van der Waals surface area (Å²) in [7, 11) is -3.07. The van der Waals surface area contributed by atoms with Crippen molar-refractivity contribution >= 4 is 21.7 Å². The minimum atomic E-state index is -3.07. The number of hydrogen-bond acceptors (Lipinski definition) is 5. The van der Waals surface area contributed by atoms with Gasteiger partial charge < -0.3 is 10.2 Å². The molecule has 2 heterocycles. The smallest absolute Gasteiger partial charge is 0.269 e. The second-order valence-corrected chi connectivity index (χ2v) is 8.77. The van der Waals surface area contributed by atoms with E-state index in [1.807, 2.05) is 6.92 Å². The summed E-state index contributed by atoms with van der Waals surface area (Å²) in [5, 5.41) is 2.80. The number of nitrogens with zero attached hydrogens (tertiary/aromatic N) is 2. The molecule has 0 radical (unpaired) electrons. The minimum absolute atomic E-state index is 0.00242. The molecule has 26 heavy (non-hydrogen) atoms. The Labute approximate surface area is 155 Å². The van der Waals surface area contributed by atoms with Crippen molar-refractivity contribution in [2.45, 2.75) is 45.6 Å². The maximum atomic E-state index is 12.8. The van der Waals surface area contributed by atoms with E-state index in [4.69, 9.17) is 0 Å². The van der Waals surface area contributed by atoms with E-state index in [1.165, 1.54) is 12.3 Å². The van der Waals surface area contributed by atoms with Gasteiger partial charge in [-0.05, 0) is 31.9 Å². The van der Waals surface area contributed by atoms with Crippen LogP contribution in [0.25, 0.3) is 0 Å². The van der Waals surface area contributed by atoms with Crippen LogP contribution in [-0.2, 0) is 9.84 Å². The normalized spacial score (nSPS) is 18.5. The largest absolute Gasteiger partial charge is 0.351 e. The lowest BCUT2D eigenvalue weighted by molar-refractivity contribution is 0.0708. The van der Waals surface area contributed by atoms with Crippen LogP contribution in [0, 0.1) is 0 Å². The molecule has 7 nitrogen and oxygen atoms in total. The molecule has 1 aromatic heterocycles. The Kier molecular flexibility index (Phi) is 7.14. The maximum Gasteiger partial charge on any atom is 0.269 e. The first-order valence-corrected chi connectivity index (χ1v) is 11.0. The van der Waals surface area contributed by atoms with E-state index in [9.17, 15) is 18.0 Å². The van der Waals surface area contributed by atoms with Crippen molar-refractivity contribution in [3.8, 4) is 0 Å². The lowest BCUT2D eigenvalue weighted by Crippen LogP contribution is -2.41. The summed E-state index contributed by atoms with van der Waals surface area (Å²) in [5.74, 6) is -0.453. The molecule has 0 bridgehead atoms. The Hall–Kier alpha value is -1.96. The highest BCUT2D eigenvalue weighted by Crippen LogP contribution is 2.20. The Balaban J connectivity index is 2.07. The summed E-state index contributed by atoms with van der Waals surface area (Å²) in [5.41, 5.74) is 0.548. The number of aromatic nitrogens is 1. The molecule has 1 fully saturated rings. The Bertz CT molecular complexity index is 749. The van der Waals surface area contributed by atoms with Crippen LogP contribution in [-0.4, -0.2) is 60.8 Å². The first-order chi connectivity index (χ1) is 12.4. The molecule has 1 aliphatic rings. The number of amides is 2. The van der Waals surface area contributed by atoms with Gasteiger partial charge in [0.2, 0.25) is 0 Å². The molecule has 0 spiro atoms. The van der Waals surface area contributed by atoms with Gasteiger partial charge in [-0.25, -0.2) is 8.42 Å². The lowest BCUT2D eigenvalue weighted by Gasteiger charge is -2.27. The van der Waals surface area contributed by atoms with Gasteiger partial charge in [0.15, 0.2) is 9.84 Å². The number of carbonyl (C=O) groups excluding carboxylic acids is 2. The molecule has 0 aromatic carbocycles. The number of sulfone groups is 1. The number of hydrogen-bond donors (Lipinski definition) is 1. The SMILES string of the molecule is CCCCCNC(=O)c1cc(C(=O)N(CC)C2CCS(=O)(=O)C2)ccn1. The quantitative estimate of drug-likeness (QED) is 0.691. The van der Waals surface area contributed by atoms with Crippen molar-refractivity contribution < 1.29 is 18.0 Å². The summed E-state index contributed by atoms with van der Waals surface area (Å²) in [6.07, 6.45) is 4.91. The van der Waals surface area contributed by atoms with E-state index in [0.717, 1.165) is 19.3 Å². The van der Waals surface area contributed by atoms with E-state index in [0.29, 0.717) is 25.1 Å². The van der Waals surface area contributed by atoms with E-state index < -0.39 is 9.84 Å². The van der Waals surface area contributed by atoms with Gasteiger partial charge in [-0.3, -0.25) is 14.6 Å². The van der Waals surface area contributed by atoms with Crippen molar-refractivity contribution in [2.24, 2.45) is 0 Å². The zero-order valence-corrected chi connectivity index (χ0v) is 16.2. The van der Waals surface area contributed by atoms with Crippen LogP contribution in [0.1, 0.15) is 60.4 Å². The zero-order valence-electron chi connectivity index (χ0n) is 15.4. The Morgan fingerprint density at radius 3 is 2.69 bits per heavy atom. The van der Waals surface area contributed by atoms with Gasteiger partial charge in [-0.2, -0.15) is 0 Å².